The molecule has 0 bridgehead atoms. The molecule has 0 nitrogen and oxygen atoms in total. The van der Waals surface area contributed by atoms with E-state index in [9.17, 15) is 0 Å². The molecule has 111 valence electrons. The van der Waals surface area contributed by atoms with Crippen LogP contribution < -0.4 is 41.1 Å². The molecular formula is C16H22Cl3Ti. The van der Waals surface area contributed by atoms with Crippen molar-refractivity contribution in [2.24, 2.45) is 0 Å². The minimum atomic E-state index is -2.00. The number of allylic oxidation sites excluding steroid dienone is 4. The van der Waals surface area contributed by atoms with Crippen molar-refractivity contribution in [2.75, 3.05) is 0 Å². The molecule has 0 saturated heterocycles. The van der Waals surface area contributed by atoms with E-state index >= 15 is 0 Å². The van der Waals surface area contributed by atoms with Crippen LogP contribution in [0, 0.1) is 0 Å². The normalized spacial score (nSPS) is 12.6. The largest absolute Gasteiger partial charge is 1.00 e. The molecule has 1 aliphatic carbocycles. The van der Waals surface area contributed by atoms with Crippen LogP contribution in [0.3, 0.4) is 0 Å². The Morgan fingerprint density at radius 3 is 1.90 bits per heavy atom. The third-order valence-corrected chi connectivity index (χ3v) is 12.7. The zero-order valence-electron chi connectivity index (χ0n) is 12.3. The first-order valence-corrected chi connectivity index (χ1v) is 10.4. The van der Waals surface area contributed by atoms with Crippen molar-refractivity contribution < 1.29 is 53.8 Å². The van der Waals surface area contributed by atoms with E-state index in [0.29, 0.717) is 0 Å². The summed E-state index contributed by atoms with van der Waals surface area (Å²) in [5, 5.41) is 0. The molecule has 0 unspecified atom stereocenters. The summed E-state index contributed by atoms with van der Waals surface area (Å²) in [5.41, 5.74) is 1.47. The molecule has 0 radical (unpaired) electrons. The fraction of sp³-hybridized carbons (Fsp3) is 0.375. The zero-order valence-corrected chi connectivity index (χ0v) is 16.1. The Hall–Kier alpha value is 0.284. The van der Waals surface area contributed by atoms with Crippen LogP contribution in [0.25, 0.3) is 0 Å². The van der Waals surface area contributed by atoms with Gasteiger partial charge in [-0.25, -0.2) is 0 Å². The molecular weight excluding hydrogens is 346 g/mol. The molecule has 20 heavy (non-hydrogen) atoms. The van der Waals surface area contributed by atoms with E-state index in [1.807, 2.05) is 0 Å². The maximum atomic E-state index is 2.47. The van der Waals surface area contributed by atoms with E-state index < -0.39 is 16.6 Å². The monoisotopic (exact) mass is 367 g/mol. The number of rotatable bonds is 4. The smallest absolute Gasteiger partial charge is 1.00 e. The van der Waals surface area contributed by atoms with Crippen LogP contribution in [0.15, 0.2) is 51.9 Å². The van der Waals surface area contributed by atoms with Crippen LogP contribution in [-0.4, -0.2) is 0 Å². The van der Waals surface area contributed by atoms with Crippen LogP contribution in [-0.2, 0) is 16.6 Å². The molecule has 1 aliphatic rings. The molecule has 1 aromatic carbocycles. The molecule has 0 aliphatic heterocycles. The molecule has 1 aromatic rings. The second kappa shape index (κ2) is 10.1. The summed E-state index contributed by atoms with van der Waals surface area (Å²) in [6, 6.07) is 11.3. The van der Waals surface area contributed by atoms with Gasteiger partial charge in [0.25, 0.3) is 0 Å². The van der Waals surface area contributed by atoms with Gasteiger partial charge in [-0.1, -0.05) is 0 Å². The topological polar surface area (TPSA) is 0 Å². The van der Waals surface area contributed by atoms with Crippen molar-refractivity contribution in [3.8, 4) is 0 Å². The first-order valence-electron chi connectivity index (χ1n) is 6.66. The van der Waals surface area contributed by atoms with Gasteiger partial charge in [-0.05, 0) is 0 Å². The van der Waals surface area contributed by atoms with Gasteiger partial charge >= 0.3 is 109 Å². The predicted octanol–water partition coefficient (Wildman–Crippen LogP) is -4.41. The van der Waals surface area contributed by atoms with Gasteiger partial charge in [0.1, 0.15) is 0 Å². The van der Waals surface area contributed by atoms with Crippen molar-refractivity contribution in [3.63, 3.8) is 0 Å². The van der Waals surface area contributed by atoms with Gasteiger partial charge in [0.05, 0.1) is 0 Å². The average molecular weight is 369 g/mol. The second-order valence-corrected chi connectivity index (χ2v) is 12.5. The molecule has 0 aromatic heterocycles. The van der Waals surface area contributed by atoms with E-state index in [0.717, 1.165) is 0 Å². The van der Waals surface area contributed by atoms with Crippen molar-refractivity contribution in [1.82, 2.24) is 0 Å². The first-order chi connectivity index (χ1) is 8.23. The molecule has 0 N–H and O–H groups in total. The molecule has 0 fully saturated rings. The van der Waals surface area contributed by atoms with Crippen LogP contribution in [0.1, 0.15) is 27.2 Å². The number of halogens is 3. The summed E-state index contributed by atoms with van der Waals surface area (Å²) in [7, 11) is 0. The van der Waals surface area contributed by atoms with E-state index in [4.69, 9.17) is 0 Å². The van der Waals surface area contributed by atoms with E-state index in [1.165, 1.54) is 21.4 Å². The van der Waals surface area contributed by atoms with Crippen molar-refractivity contribution in [1.29, 1.82) is 0 Å². The Bertz CT molecular complexity index is 448. The summed E-state index contributed by atoms with van der Waals surface area (Å²) < 4.78 is 6.17. The van der Waals surface area contributed by atoms with Crippen LogP contribution in [0.4, 0.5) is 0 Å². The van der Waals surface area contributed by atoms with Crippen LogP contribution in [0.5, 0.6) is 0 Å². The number of benzene rings is 1. The minimum Gasteiger partial charge on any atom is -1.00 e. The van der Waals surface area contributed by atoms with Crippen molar-refractivity contribution >= 4 is 3.87 Å². The maximum absolute atomic E-state index is 2.47. The number of hydrogen-bond acceptors (Lipinski definition) is 0. The van der Waals surface area contributed by atoms with Crippen LogP contribution >= 0.6 is 0 Å². The van der Waals surface area contributed by atoms with Gasteiger partial charge < -0.3 is 37.2 Å². The van der Waals surface area contributed by atoms with E-state index in [2.05, 4.69) is 63.3 Å². The summed E-state index contributed by atoms with van der Waals surface area (Å²) in [4.78, 5) is 0. The van der Waals surface area contributed by atoms with Crippen LogP contribution in [0.2, 0.25) is 9.45 Å². The Labute approximate surface area is 145 Å². The Kier molecular flexibility index (Phi) is 11.4. The molecule has 0 saturated carbocycles. The average Bonchev–Trinajstić information content (AvgIpc) is 2.80. The van der Waals surface area contributed by atoms with Gasteiger partial charge in [-0.15, -0.1) is 0 Å². The molecule has 0 spiro atoms. The first kappa shape index (κ1) is 22.6. The fourth-order valence-electron chi connectivity index (χ4n) is 3.05. The Morgan fingerprint density at radius 1 is 0.950 bits per heavy atom. The predicted molar refractivity (Wildman–Crippen MR) is 73.5 cm³/mol. The third kappa shape index (κ3) is 4.39. The van der Waals surface area contributed by atoms with Gasteiger partial charge in [-0.2, -0.15) is 0 Å². The maximum Gasteiger partial charge on any atom is -1.00 e. The van der Waals surface area contributed by atoms with Gasteiger partial charge in [0, 0.05) is 0 Å². The fourth-order valence-corrected chi connectivity index (χ4v) is 9.96. The molecule has 0 atom stereocenters. The van der Waals surface area contributed by atoms with E-state index in [-0.39, 0.29) is 37.2 Å². The minimum absolute atomic E-state index is 0. The zero-order chi connectivity index (χ0) is 12.3. The van der Waals surface area contributed by atoms with Gasteiger partial charge in [0.15, 0.2) is 0 Å². The summed E-state index contributed by atoms with van der Waals surface area (Å²) >= 11 is -2.00. The van der Waals surface area contributed by atoms with Crippen molar-refractivity contribution in [2.45, 2.75) is 36.6 Å². The summed E-state index contributed by atoms with van der Waals surface area (Å²) in [6.07, 6.45) is 6.08. The van der Waals surface area contributed by atoms with E-state index in [1.54, 1.807) is 7.75 Å². The third-order valence-electron chi connectivity index (χ3n) is 4.19. The van der Waals surface area contributed by atoms with Gasteiger partial charge in [-0.3, -0.25) is 0 Å². The summed E-state index contributed by atoms with van der Waals surface area (Å²) in [5.74, 6) is 0. The molecule has 4 heteroatoms. The molecule has 0 heterocycles. The Balaban J connectivity index is 0. The standard InChI is InChI=1S/C6H7.C6H5.2C2H5.3ClH.Ti/c1-6-4-2-3-5-6;1-2-4-6-5-3-1;2*1-2;;;;/h4-5H,2H2,1H3;1-5H;2*1H2,2H3;3*1H;/q;;;;;;;+3/p-3. The molecule has 0 amide bonds. The SMILES string of the molecule is C[CH2][Ti+3]([CH2]C)([C]1=CC(C)=CC1)[c]1ccccc1.[Cl-].[Cl-].[Cl-]. The quantitative estimate of drug-likeness (QED) is 0.471. The number of hydrogen-bond donors (Lipinski definition) is 0. The second-order valence-electron chi connectivity index (χ2n) is 4.98. The molecule has 2 rings (SSSR count). The van der Waals surface area contributed by atoms with Crippen molar-refractivity contribution in [3.05, 3.63) is 51.9 Å². The van der Waals surface area contributed by atoms with Gasteiger partial charge in [0.2, 0.25) is 0 Å². The Morgan fingerprint density at radius 2 is 1.50 bits per heavy atom. The summed E-state index contributed by atoms with van der Waals surface area (Å²) in [6.45, 7) is 7.02.